The number of fused-ring (bicyclic) bond motifs is 2. The Morgan fingerprint density at radius 1 is 1.18 bits per heavy atom. The molecule has 4 aromatic rings. The quantitative estimate of drug-likeness (QED) is 0.263. The number of carbonyl (C=O) groups excluding carboxylic acids is 1. The number of esters is 1. The third-order valence-corrected chi connectivity index (χ3v) is 6.94. The first kappa shape index (κ1) is 26.3. The second-order valence-corrected chi connectivity index (χ2v) is 9.65. The van der Waals surface area contributed by atoms with Gasteiger partial charge in [0.2, 0.25) is 5.95 Å². The van der Waals surface area contributed by atoms with Gasteiger partial charge in [0.05, 0.1) is 12.1 Å². The largest absolute Gasteiger partial charge is 0.460 e. The summed E-state index contributed by atoms with van der Waals surface area (Å²) in [6.45, 7) is 8.46. The monoisotopic (exact) mass is 532 g/mol. The van der Waals surface area contributed by atoms with Gasteiger partial charge in [-0.15, -0.1) is 0 Å². The molecule has 1 unspecified atom stereocenters. The van der Waals surface area contributed by atoms with E-state index >= 15 is 0 Å². The van der Waals surface area contributed by atoms with E-state index < -0.39 is 23.8 Å². The second kappa shape index (κ2) is 10.8. The van der Waals surface area contributed by atoms with Crippen molar-refractivity contribution in [1.29, 1.82) is 0 Å². The fourth-order valence-corrected chi connectivity index (χ4v) is 5.13. The normalized spacial score (nSPS) is 15.7. The number of aryl methyl sites for hydroxylation is 2. The predicted molar refractivity (Wildman–Crippen MR) is 148 cm³/mol. The molecule has 0 saturated carbocycles. The lowest BCUT2D eigenvalue weighted by atomic mass is 10.1. The summed E-state index contributed by atoms with van der Waals surface area (Å²) in [6.07, 6.45) is 3.23. The van der Waals surface area contributed by atoms with Crippen molar-refractivity contribution < 1.29 is 9.53 Å². The number of carbonyl (C=O) groups is 1. The zero-order valence-electron chi connectivity index (χ0n) is 22.2. The van der Waals surface area contributed by atoms with Crippen LogP contribution < -0.4 is 21.9 Å². The summed E-state index contributed by atoms with van der Waals surface area (Å²) in [5, 5.41) is 0.889. The van der Waals surface area contributed by atoms with Crippen molar-refractivity contribution in [3.63, 3.8) is 0 Å². The predicted octanol–water partition coefficient (Wildman–Crippen LogP) is 1.34. The number of nitrogens with zero attached hydrogens (tertiary/aromatic N) is 7. The molecule has 0 amide bonds. The number of rotatable bonds is 8. The van der Waals surface area contributed by atoms with Gasteiger partial charge in [0, 0.05) is 36.8 Å². The van der Waals surface area contributed by atoms with Crippen molar-refractivity contribution >= 4 is 34.0 Å². The van der Waals surface area contributed by atoms with E-state index in [4.69, 9.17) is 15.5 Å². The molecule has 1 atom stereocenters. The molecule has 1 aliphatic rings. The van der Waals surface area contributed by atoms with E-state index in [0.29, 0.717) is 30.4 Å². The van der Waals surface area contributed by atoms with E-state index in [2.05, 4.69) is 16.5 Å². The van der Waals surface area contributed by atoms with Crippen LogP contribution in [0.1, 0.15) is 31.3 Å². The first-order valence-electron chi connectivity index (χ1n) is 13.1. The summed E-state index contributed by atoms with van der Waals surface area (Å²) in [5.74, 6) is 0.215. The molecule has 0 radical (unpaired) electrons. The molecule has 4 heterocycles. The smallest absolute Gasteiger partial charge is 0.333 e. The maximum absolute atomic E-state index is 13.9. The highest BCUT2D eigenvalue weighted by Crippen LogP contribution is 2.23. The Balaban J connectivity index is 1.70. The van der Waals surface area contributed by atoms with Crippen LogP contribution in [0, 0.1) is 6.92 Å². The molecule has 1 aromatic carbocycles. The standard InChI is InChI=1S/C27H32N8O4/c1-4-13-39-22(36)16-34-24-23(33(5-2)26(31-24)32-12-8-9-18(28)14-32)25(37)35(27(34)38)15-21-29-17(3)19-10-6-7-11-20(19)30-21/h4,6-7,10-11,18H,1,5,8-9,12-16,28H2,2-3H3. The molecule has 204 valence electrons. The minimum atomic E-state index is -0.694. The molecule has 0 aliphatic carbocycles. The molecule has 1 fully saturated rings. The van der Waals surface area contributed by atoms with Crippen molar-refractivity contribution in [2.24, 2.45) is 5.73 Å². The van der Waals surface area contributed by atoms with Gasteiger partial charge >= 0.3 is 11.7 Å². The highest BCUT2D eigenvalue weighted by Gasteiger charge is 2.27. The number of para-hydroxylation sites is 1. The topological polar surface area (TPSA) is 143 Å². The summed E-state index contributed by atoms with van der Waals surface area (Å²) in [7, 11) is 0. The molecule has 3 aromatic heterocycles. The fourth-order valence-electron chi connectivity index (χ4n) is 5.13. The molecule has 0 spiro atoms. The average molecular weight is 533 g/mol. The van der Waals surface area contributed by atoms with Crippen molar-refractivity contribution in [1.82, 2.24) is 28.7 Å². The lowest BCUT2D eigenvalue weighted by Gasteiger charge is -2.31. The number of ether oxygens (including phenoxy) is 1. The number of benzene rings is 1. The Hall–Kier alpha value is -4.32. The molecule has 39 heavy (non-hydrogen) atoms. The number of aromatic nitrogens is 6. The Kier molecular flexibility index (Phi) is 7.29. The van der Waals surface area contributed by atoms with Gasteiger partial charge in [-0.25, -0.2) is 14.8 Å². The highest BCUT2D eigenvalue weighted by atomic mass is 16.5. The van der Waals surface area contributed by atoms with Crippen LogP contribution in [0.5, 0.6) is 0 Å². The fraction of sp³-hybridized carbons (Fsp3) is 0.407. The van der Waals surface area contributed by atoms with E-state index in [-0.39, 0.29) is 30.4 Å². The van der Waals surface area contributed by atoms with Crippen LogP contribution in [0.3, 0.4) is 0 Å². The van der Waals surface area contributed by atoms with E-state index in [0.717, 1.165) is 35.0 Å². The van der Waals surface area contributed by atoms with Crippen molar-refractivity contribution in [2.75, 3.05) is 24.6 Å². The summed E-state index contributed by atoms with van der Waals surface area (Å²) in [6, 6.07) is 7.52. The maximum atomic E-state index is 13.9. The van der Waals surface area contributed by atoms with Crippen LogP contribution in [0.2, 0.25) is 0 Å². The van der Waals surface area contributed by atoms with Gasteiger partial charge in [0.25, 0.3) is 5.56 Å². The number of piperidine rings is 1. The van der Waals surface area contributed by atoms with E-state index in [1.54, 1.807) is 4.57 Å². The van der Waals surface area contributed by atoms with Crippen LogP contribution in [0.15, 0.2) is 46.5 Å². The van der Waals surface area contributed by atoms with Crippen LogP contribution in [-0.4, -0.2) is 60.4 Å². The van der Waals surface area contributed by atoms with Crippen LogP contribution >= 0.6 is 0 Å². The second-order valence-electron chi connectivity index (χ2n) is 9.65. The molecule has 1 saturated heterocycles. The lowest BCUT2D eigenvalue weighted by molar-refractivity contribution is -0.143. The van der Waals surface area contributed by atoms with Gasteiger partial charge < -0.3 is 19.9 Å². The molecular weight excluding hydrogens is 500 g/mol. The maximum Gasteiger partial charge on any atom is 0.333 e. The summed E-state index contributed by atoms with van der Waals surface area (Å²) < 4.78 is 9.19. The molecule has 0 bridgehead atoms. The molecular formula is C27H32N8O4. The SMILES string of the molecule is C=CCOC(=O)Cn1c(=O)n(Cc2nc(C)c3ccccc3n2)c(=O)c2c1nc(N1CCCC(N)C1)n2CC. The van der Waals surface area contributed by atoms with Gasteiger partial charge in [-0.05, 0) is 32.8 Å². The van der Waals surface area contributed by atoms with E-state index in [9.17, 15) is 14.4 Å². The minimum absolute atomic E-state index is 0.000882. The number of nitrogens with two attached hydrogens (primary N) is 1. The molecule has 2 N–H and O–H groups in total. The van der Waals surface area contributed by atoms with E-state index in [1.165, 1.54) is 10.6 Å². The third-order valence-electron chi connectivity index (χ3n) is 6.94. The zero-order chi connectivity index (χ0) is 27.7. The number of hydrogen-bond acceptors (Lipinski definition) is 9. The number of anilines is 1. The van der Waals surface area contributed by atoms with Crippen molar-refractivity contribution in [2.45, 2.75) is 52.4 Å². The lowest BCUT2D eigenvalue weighted by Crippen LogP contribution is -2.44. The van der Waals surface area contributed by atoms with Gasteiger partial charge in [-0.1, -0.05) is 30.9 Å². The molecule has 1 aliphatic heterocycles. The van der Waals surface area contributed by atoms with Crippen LogP contribution in [-0.2, 0) is 29.2 Å². The Labute approximate surface area is 224 Å². The van der Waals surface area contributed by atoms with Gasteiger partial charge in [-0.2, -0.15) is 4.98 Å². The first-order chi connectivity index (χ1) is 18.8. The molecule has 5 rings (SSSR count). The summed E-state index contributed by atoms with van der Waals surface area (Å²) >= 11 is 0. The first-order valence-corrected chi connectivity index (χ1v) is 13.1. The van der Waals surface area contributed by atoms with Crippen LogP contribution in [0.25, 0.3) is 22.1 Å². The average Bonchev–Trinajstić information content (AvgIpc) is 3.32. The molecule has 12 nitrogen and oxygen atoms in total. The van der Waals surface area contributed by atoms with Gasteiger partial charge in [0.15, 0.2) is 11.2 Å². The minimum Gasteiger partial charge on any atom is -0.460 e. The summed E-state index contributed by atoms with van der Waals surface area (Å²) in [4.78, 5) is 56.2. The molecule has 12 heteroatoms. The van der Waals surface area contributed by atoms with Crippen molar-refractivity contribution in [3.05, 3.63) is 69.3 Å². The highest BCUT2D eigenvalue weighted by molar-refractivity contribution is 5.80. The van der Waals surface area contributed by atoms with Crippen LogP contribution in [0.4, 0.5) is 5.95 Å². The number of hydrogen-bond donors (Lipinski definition) is 1. The zero-order valence-corrected chi connectivity index (χ0v) is 22.2. The third kappa shape index (κ3) is 4.94. The Morgan fingerprint density at radius 2 is 1.97 bits per heavy atom. The Morgan fingerprint density at radius 3 is 2.72 bits per heavy atom. The number of imidazole rings is 1. The van der Waals surface area contributed by atoms with E-state index in [1.807, 2.05) is 43.0 Å². The Bertz CT molecular complexity index is 1690. The summed E-state index contributed by atoms with van der Waals surface area (Å²) in [5.41, 5.74) is 6.80. The van der Waals surface area contributed by atoms with Crippen molar-refractivity contribution in [3.8, 4) is 0 Å². The van der Waals surface area contributed by atoms with Gasteiger partial charge in [0.1, 0.15) is 19.0 Å². The van der Waals surface area contributed by atoms with Gasteiger partial charge in [-0.3, -0.25) is 18.7 Å².